The van der Waals surface area contributed by atoms with Crippen molar-refractivity contribution in [3.8, 4) is 0 Å². The Morgan fingerprint density at radius 3 is 0.728 bits per heavy atom. The van der Waals surface area contributed by atoms with Crippen LogP contribution in [0, 0.1) is 0 Å². The zero-order valence-corrected chi connectivity index (χ0v) is 54.1. The molecule has 1 atom stereocenters. The molecule has 0 aromatic rings. The molecular weight excluding hydrogens is 997 g/mol. The zero-order valence-electron chi connectivity index (χ0n) is 54.1. The number of carbonyl (C=O) groups excluding carboxylic acids is 3. The molecule has 0 aliphatic rings. The SMILES string of the molecule is CC/C=C\C/C=C\C/C=C\C/C=C\C/C=C\C/C=C\CCC(=O)OC(COC(=O)CCCCCCCCCCCCCCCCCCCC)COC(=O)CCCCCCCCCCCCCCCCCCCCCCCCCCCC. The van der Waals surface area contributed by atoms with E-state index >= 15 is 0 Å². The summed E-state index contributed by atoms with van der Waals surface area (Å²) in [6.45, 7) is 6.53. The van der Waals surface area contributed by atoms with Gasteiger partial charge in [0.05, 0.1) is 0 Å². The maximum absolute atomic E-state index is 12.9. The van der Waals surface area contributed by atoms with E-state index in [-0.39, 0.29) is 37.5 Å². The van der Waals surface area contributed by atoms with Crippen LogP contribution in [-0.4, -0.2) is 37.2 Å². The maximum Gasteiger partial charge on any atom is 0.306 e. The molecule has 0 bridgehead atoms. The molecule has 0 spiro atoms. The number of hydrogen-bond acceptors (Lipinski definition) is 6. The van der Waals surface area contributed by atoms with Crippen LogP contribution in [0.1, 0.15) is 367 Å². The van der Waals surface area contributed by atoms with Crippen molar-refractivity contribution >= 4 is 17.9 Å². The highest BCUT2D eigenvalue weighted by atomic mass is 16.6. The molecule has 470 valence electrons. The second kappa shape index (κ2) is 69.3. The topological polar surface area (TPSA) is 78.9 Å². The first-order chi connectivity index (χ1) is 40.0. The van der Waals surface area contributed by atoms with Gasteiger partial charge in [0.1, 0.15) is 13.2 Å². The van der Waals surface area contributed by atoms with Crippen LogP contribution in [0.2, 0.25) is 0 Å². The Morgan fingerprint density at radius 2 is 0.481 bits per heavy atom. The van der Waals surface area contributed by atoms with Crippen molar-refractivity contribution in [2.75, 3.05) is 13.2 Å². The van der Waals surface area contributed by atoms with Crippen molar-refractivity contribution in [3.05, 3.63) is 72.9 Å². The molecule has 1 unspecified atom stereocenters. The molecule has 0 saturated carbocycles. The third kappa shape index (κ3) is 67.5. The summed E-state index contributed by atoms with van der Waals surface area (Å²) in [4.78, 5) is 38.4. The minimum Gasteiger partial charge on any atom is -0.462 e. The van der Waals surface area contributed by atoms with E-state index in [9.17, 15) is 14.4 Å². The van der Waals surface area contributed by atoms with Gasteiger partial charge in [-0.25, -0.2) is 0 Å². The lowest BCUT2D eigenvalue weighted by Crippen LogP contribution is -2.30. The molecule has 81 heavy (non-hydrogen) atoms. The van der Waals surface area contributed by atoms with Gasteiger partial charge in [0.25, 0.3) is 0 Å². The second-order valence-corrected chi connectivity index (χ2v) is 23.8. The van der Waals surface area contributed by atoms with Crippen LogP contribution in [0.15, 0.2) is 72.9 Å². The molecule has 0 heterocycles. The van der Waals surface area contributed by atoms with Crippen LogP contribution in [0.4, 0.5) is 0 Å². The van der Waals surface area contributed by atoms with Gasteiger partial charge in [0, 0.05) is 19.3 Å². The molecular formula is C75H134O6. The van der Waals surface area contributed by atoms with E-state index in [4.69, 9.17) is 14.2 Å². The first-order valence-corrected chi connectivity index (χ1v) is 35.4. The number of ether oxygens (including phenoxy) is 3. The van der Waals surface area contributed by atoms with Crippen molar-refractivity contribution in [2.24, 2.45) is 0 Å². The number of carbonyl (C=O) groups is 3. The predicted octanol–water partition coefficient (Wildman–Crippen LogP) is 24.4. The summed E-state index contributed by atoms with van der Waals surface area (Å²) in [5.74, 6) is -0.962. The Labute approximate surface area is 503 Å². The van der Waals surface area contributed by atoms with Gasteiger partial charge in [0.15, 0.2) is 6.10 Å². The largest absolute Gasteiger partial charge is 0.462 e. The van der Waals surface area contributed by atoms with Crippen LogP contribution in [-0.2, 0) is 28.6 Å². The van der Waals surface area contributed by atoms with Crippen molar-refractivity contribution < 1.29 is 28.6 Å². The van der Waals surface area contributed by atoms with Gasteiger partial charge in [-0.05, 0) is 57.8 Å². The number of allylic oxidation sites excluding steroid dienone is 12. The average molecular weight is 1130 g/mol. The molecule has 0 aromatic carbocycles. The van der Waals surface area contributed by atoms with Crippen LogP contribution >= 0.6 is 0 Å². The molecule has 6 nitrogen and oxygen atoms in total. The third-order valence-electron chi connectivity index (χ3n) is 15.7. The monoisotopic (exact) mass is 1130 g/mol. The lowest BCUT2D eigenvalue weighted by Gasteiger charge is -2.18. The molecule has 0 aliphatic heterocycles. The summed E-state index contributed by atoms with van der Waals surface area (Å²) in [7, 11) is 0. The van der Waals surface area contributed by atoms with E-state index < -0.39 is 6.10 Å². The van der Waals surface area contributed by atoms with Gasteiger partial charge in [-0.15, -0.1) is 0 Å². The highest BCUT2D eigenvalue weighted by Gasteiger charge is 2.19. The Bertz CT molecular complexity index is 1490. The first-order valence-electron chi connectivity index (χ1n) is 35.4. The van der Waals surface area contributed by atoms with Crippen LogP contribution in [0.3, 0.4) is 0 Å². The quantitative estimate of drug-likeness (QED) is 0.0261. The minimum absolute atomic E-state index is 0.101. The fourth-order valence-corrected chi connectivity index (χ4v) is 10.5. The molecule has 0 amide bonds. The summed E-state index contributed by atoms with van der Waals surface area (Å²) in [5.41, 5.74) is 0. The second-order valence-electron chi connectivity index (χ2n) is 23.8. The van der Waals surface area contributed by atoms with Crippen LogP contribution in [0.5, 0.6) is 0 Å². The van der Waals surface area contributed by atoms with E-state index in [0.717, 1.165) is 77.0 Å². The van der Waals surface area contributed by atoms with Crippen LogP contribution < -0.4 is 0 Å². The molecule has 0 saturated heterocycles. The van der Waals surface area contributed by atoms with Gasteiger partial charge in [-0.2, -0.15) is 0 Å². The van der Waals surface area contributed by atoms with E-state index in [1.165, 1.54) is 244 Å². The Balaban J connectivity index is 4.36. The maximum atomic E-state index is 12.9. The van der Waals surface area contributed by atoms with Crippen molar-refractivity contribution in [1.82, 2.24) is 0 Å². The zero-order chi connectivity index (χ0) is 58.5. The van der Waals surface area contributed by atoms with E-state index in [2.05, 4.69) is 87.6 Å². The van der Waals surface area contributed by atoms with E-state index in [1.807, 2.05) is 6.08 Å². The standard InChI is InChI=1S/C75H134O6/c1-4-7-10-13-16-19-22-25-28-31-34-35-36-37-38-39-40-42-44-47-50-53-56-59-62-65-68-74(77)80-71-72(70-79-73(76)67-64-61-58-55-52-49-46-43-33-30-27-24-21-18-15-12-9-6-3)81-75(78)69-66-63-60-57-54-51-48-45-41-32-29-26-23-20-17-14-11-8-5-2/h8,11,17,20,26,29,41,45,51,54,60,63,72H,4-7,9-10,12-16,18-19,21-25,27-28,30-40,42-44,46-50,52-53,55-59,61-62,64-71H2,1-3H3/b11-8-,20-17-,29-26-,45-41-,54-51-,63-60-. The highest BCUT2D eigenvalue weighted by molar-refractivity contribution is 5.71. The van der Waals surface area contributed by atoms with Gasteiger partial charge in [0.2, 0.25) is 0 Å². The number of hydrogen-bond donors (Lipinski definition) is 0. The lowest BCUT2D eigenvalue weighted by atomic mass is 10.0. The number of unbranched alkanes of at least 4 members (excludes halogenated alkanes) is 42. The first kappa shape index (κ1) is 77.9. The third-order valence-corrected chi connectivity index (χ3v) is 15.7. The summed E-state index contributed by atoms with van der Waals surface area (Å²) in [6.07, 6.45) is 90.9. The Morgan fingerprint density at radius 1 is 0.259 bits per heavy atom. The molecule has 0 radical (unpaired) electrons. The van der Waals surface area contributed by atoms with Crippen molar-refractivity contribution in [2.45, 2.75) is 374 Å². The molecule has 0 aliphatic carbocycles. The van der Waals surface area contributed by atoms with Gasteiger partial charge < -0.3 is 14.2 Å². The van der Waals surface area contributed by atoms with E-state index in [1.54, 1.807) is 0 Å². The molecule has 0 aromatic heterocycles. The number of rotatable bonds is 65. The van der Waals surface area contributed by atoms with Gasteiger partial charge >= 0.3 is 17.9 Å². The Kier molecular flexibility index (Phi) is 66.6. The van der Waals surface area contributed by atoms with Crippen LogP contribution in [0.25, 0.3) is 0 Å². The van der Waals surface area contributed by atoms with Gasteiger partial charge in [-0.1, -0.05) is 363 Å². The summed E-state index contributed by atoms with van der Waals surface area (Å²) in [6, 6.07) is 0. The summed E-state index contributed by atoms with van der Waals surface area (Å²) in [5, 5.41) is 0. The van der Waals surface area contributed by atoms with Crippen molar-refractivity contribution in [1.29, 1.82) is 0 Å². The van der Waals surface area contributed by atoms with Gasteiger partial charge in [-0.3, -0.25) is 14.4 Å². The fourth-order valence-electron chi connectivity index (χ4n) is 10.5. The van der Waals surface area contributed by atoms with E-state index in [0.29, 0.717) is 19.3 Å². The lowest BCUT2D eigenvalue weighted by molar-refractivity contribution is -0.166. The van der Waals surface area contributed by atoms with Crippen molar-refractivity contribution in [3.63, 3.8) is 0 Å². The summed E-state index contributed by atoms with van der Waals surface area (Å²) < 4.78 is 16.9. The number of esters is 3. The normalized spacial score (nSPS) is 12.5. The predicted molar refractivity (Wildman–Crippen MR) is 353 cm³/mol. The smallest absolute Gasteiger partial charge is 0.306 e. The Hall–Kier alpha value is -3.15. The molecule has 0 rings (SSSR count). The molecule has 6 heteroatoms. The molecule has 0 N–H and O–H groups in total. The highest BCUT2D eigenvalue weighted by Crippen LogP contribution is 2.18. The molecule has 0 fully saturated rings. The minimum atomic E-state index is -0.815. The summed E-state index contributed by atoms with van der Waals surface area (Å²) >= 11 is 0. The fraction of sp³-hybridized carbons (Fsp3) is 0.800. The average Bonchev–Trinajstić information content (AvgIpc) is 3.47.